The highest BCUT2D eigenvalue weighted by molar-refractivity contribution is 6.31. The molecule has 11 nitrogen and oxygen atoms in total. The van der Waals surface area contributed by atoms with Gasteiger partial charge < -0.3 is 19.7 Å². The third kappa shape index (κ3) is 5.52. The molecule has 44 heavy (non-hydrogen) atoms. The molecule has 3 aliphatic heterocycles. The topological polar surface area (TPSA) is 139 Å². The highest BCUT2D eigenvalue weighted by Crippen LogP contribution is 2.46. The number of aromatic nitrogens is 1. The van der Waals surface area contributed by atoms with Crippen LogP contribution in [0, 0.1) is 5.82 Å². The molecular weight excluding hydrogens is 593 g/mol. The van der Waals surface area contributed by atoms with Gasteiger partial charge in [-0.2, -0.15) is 0 Å². The number of fused-ring (bicyclic) bond motifs is 6. The standard InChI is InChI=1S/C31H29ClFN5O6/c1-43-29(41)35-18-6-7-20-23-14-17(10-12-34-23)19(4-2-3-5-25(39)36-24(20)15-18)28(40)38-13-11-31(16-38)26-22(37-30(42)44-31)9-8-21(32)27(26)33/h6-10,12,14-15,19H,2-5,11,13,16H2,1H3,(H,35,41)(H,36,39)(H,37,42)/t19-,31-/m0/s1. The lowest BCUT2D eigenvalue weighted by Gasteiger charge is -2.36. The predicted molar refractivity (Wildman–Crippen MR) is 160 cm³/mol. The van der Waals surface area contributed by atoms with Crippen molar-refractivity contribution in [2.45, 2.75) is 43.6 Å². The van der Waals surface area contributed by atoms with Crippen LogP contribution in [-0.2, 0) is 24.7 Å². The molecule has 1 aromatic heterocycles. The highest BCUT2D eigenvalue weighted by Gasteiger charge is 2.51. The van der Waals surface area contributed by atoms with Crippen LogP contribution in [0.3, 0.4) is 0 Å². The van der Waals surface area contributed by atoms with E-state index >= 15 is 4.39 Å². The number of carbonyl (C=O) groups is 4. The summed E-state index contributed by atoms with van der Waals surface area (Å²) in [5.41, 5.74) is 1.76. The van der Waals surface area contributed by atoms with Gasteiger partial charge in [0.05, 0.1) is 47.2 Å². The number of anilines is 3. The zero-order chi connectivity index (χ0) is 31.0. The Bertz CT molecular complexity index is 1690. The number of methoxy groups -OCH3 is 1. The summed E-state index contributed by atoms with van der Waals surface area (Å²) in [6.45, 7) is 0.215. The summed E-state index contributed by atoms with van der Waals surface area (Å²) in [6, 6.07) is 11.5. The van der Waals surface area contributed by atoms with E-state index in [1.165, 1.54) is 19.2 Å². The van der Waals surface area contributed by atoms with E-state index in [4.69, 9.17) is 16.3 Å². The van der Waals surface area contributed by atoms with Crippen LogP contribution < -0.4 is 16.0 Å². The lowest BCUT2D eigenvalue weighted by Crippen LogP contribution is -2.44. The molecule has 4 heterocycles. The van der Waals surface area contributed by atoms with Gasteiger partial charge in [0.25, 0.3) is 0 Å². The average Bonchev–Trinajstić information content (AvgIpc) is 3.41. The van der Waals surface area contributed by atoms with Crippen molar-refractivity contribution in [3.63, 3.8) is 0 Å². The smallest absolute Gasteiger partial charge is 0.412 e. The minimum Gasteiger partial charge on any atom is -0.453 e. The van der Waals surface area contributed by atoms with Gasteiger partial charge in [0, 0.05) is 36.8 Å². The summed E-state index contributed by atoms with van der Waals surface area (Å²) in [5, 5.41) is 7.94. The van der Waals surface area contributed by atoms with Crippen molar-refractivity contribution in [3.8, 4) is 11.3 Å². The maximum atomic E-state index is 15.3. The van der Waals surface area contributed by atoms with Crippen molar-refractivity contribution in [3.05, 3.63) is 70.6 Å². The Hall–Kier alpha value is -4.71. The Balaban J connectivity index is 1.33. The summed E-state index contributed by atoms with van der Waals surface area (Å²) >= 11 is 6.09. The quantitative estimate of drug-likeness (QED) is 0.319. The number of halogens is 2. The average molecular weight is 622 g/mol. The Labute approximate surface area is 257 Å². The fourth-order valence-corrected chi connectivity index (χ4v) is 6.31. The molecule has 6 rings (SSSR count). The normalized spacial score (nSPS) is 21.1. The lowest BCUT2D eigenvalue weighted by molar-refractivity contribution is -0.133. The van der Waals surface area contributed by atoms with Crippen molar-refractivity contribution in [1.82, 2.24) is 9.88 Å². The van der Waals surface area contributed by atoms with Crippen molar-refractivity contribution in [2.24, 2.45) is 0 Å². The molecule has 2 aromatic carbocycles. The number of rotatable bonds is 2. The third-order valence-corrected chi connectivity index (χ3v) is 8.54. The summed E-state index contributed by atoms with van der Waals surface area (Å²) < 4.78 is 25.7. The molecule has 0 radical (unpaired) electrons. The van der Waals surface area contributed by atoms with Gasteiger partial charge in [-0.15, -0.1) is 0 Å². The fourth-order valence-electron chi connectivity index (χ4n) is 6.15. The fraction of sp³-hybridized carbons (Fsp3) is 0.323. The highest BCUT2D eigenvalue weighted by atomic mass is 35.5. The summed E-state index contributed by atoms with van der Waals surface area (Å²) in [7, 11) is 1.26. The zero-order valence-electron chi connectivity index (χ0n) is 23.7. The van der Waals surface area contributed by atoms with E-state index in [1.807, 2.05) is 6.07 Å². The second kappa shape index (κ2) is 11.8. The van der Waals surface area contributed by atoms with E-state index in [0.717, 1.165) is 5.56 Å². The number of amides is 4. The second-order valence-electron chi connectivity index (χ2n) is 11.0. The van der Waals surface area contributed by atoms with E-state index in [9.17, 15) is 19.2 Å². The molecule has 4 amide bonds. The van der Waals surface area contributed by atoms with Crippen LogP contribution >= 0.6 is 11.6 Å². The van der Waals surface area contributed by atoms with Crippen LogP contribution in [0.4, 0.5) is 31.0 Å². The van der Waals surface area contributed by atoms with Crippen LogP contribution in [0.15, 0.2) is 48.7 Å². The molecular formula is C31H29ClFN5O6. The molecule has 1 spiro atoms. The van der Waals surface area contributed by atoms with Crippen molar-refractivity contribution < 1.29 is 33.0 Å². The number of nitrogens with one attached hydrogen (secondary N) is 3. The van der Waals surface area contributed by atoms with Crippen LogP contribution in [0.5, 0.6) is 0 Å². The number of carbonyl (C=O) groups excluding carboxylic acids is 4. The van der Waals surface area contributed by atoms with E-state index in [0.29, 0.717) is 41.9 Å². The first-order chi connectivity index (χ1) is 21.2. The van der Waals surface area contributed by atoms with Crippen molar-refractivity contribution in [2.75, 3.05) is 36.1 Å². The molecule has 2 atom stereocenters. The summed E-state index contributed by atoms with van der Waals surface area (Å²) in [5.74, 6) is -1.68. The van der Waals surface area contributed by atoms with Crippen LogP contribution in [-0.4, -0.2) is 54.1 Å². The lowest BCUT2D eigenvalue weighted by atomic mass is 9.89. The first kappa shape index (κ1) is 29.4. The van der Waals surface area contributed by atoms with Crippen molar-refractivity contribution in [1.29, 1.82) is 0 Å². The SMILES string of the molecule is COC(=O)Nc1ccc2c(c1)NC(=O)CCCC[C@H](C(=O)N1CC[C@@]3(C1)OC(=O)Nc1ccc(Cl)c(F)c13)c1ccnc-2c1. The van der Waals surface area contributed by atoms with Gasteiger partial charge >= 0.3 is 12.2 Å². The van der Waals surface area contributed by atoms with E-state index in [-0.39, 0.29) is 54.0 Å². The first-order valence-electron chi connectivity index (χ1n) is 14.2. The van der Waals surface area contributed by atoms with Crippen molar-refractivity contribution >= 4 is 52.7 Å². The number of benzene rings is 2. The summed E-state index contributed by atoms with van der Waals surface area (Å²) in [6.07, 6.45) is 2.26. The molecule has 0 saturated carbocycles. The van der Waals surface area contributed by atoms with Gasteiger partial charge in [0.1, 0.15) is 0 Å². The monoisotopic (exact) mass is 621 g/mol. The Morgan fingerprint density at radius 1 is 1.14 bits per heavy atom. The Kier molecular flexibility index (Phi) is 7.85. The van der Waals surface area contributed by atoms with Gasteiger partial charge in [0.2, 0.25) is 11.8 Å². The molecule has 1 saturated heterocycles. The number of hydrogen-bond acceptors (Lipinski definition) is 7. The van der Waals surface area contributed by atoms with Gasteiger partial charge in [-0.25, -0.2) is 14.0 Å². The van der Waals surface area contributed by atoms with Gasteiger partial charge in [-0.05, 0) is 60.9 Å². The number of pyridine rings is 1. The molecule has 2 bridgehead atoms. The van der Waals surface area contributed by atoms with Crippen LogP contribution in [0.1, 0.15) is 49.1 Å². The maximum Gasteiger partial charge on any atom is 0.412 e. The van der Waals surface area contributed by atoms with E-state index in [2.05, 4.69) is 25.7 Å². The summed E-state index contributed by atoms with van der Waals surface area (Å²) in [4.78, 5) is 57.4. The Morgan fingerprint density at radius 3 is 2.80 bits per heavy atom. The molecule has 3 aliphatic rings. The molecule has 228 valence electrons. The number of likely N-dealkylation sites (tertiary alicyclic amines) is 1. The predicted octanol–water partition coefficient (Wildman–Crippen LogP) is 6.01. The second-order valence-corrected chi connectivity index (χ2v) is 11.4. The van der Waals surface area contributed by atoms with Crippen LogP contribution in [0.2, 0.25) is 5.02 Å². The molecule has 13 heteroatoms. The first-order valence-corrected chi connectivity index (χ1v) is 14.6. The largest absolute Gasteiger partial charge is 0.453 e. The molecule has 0 unspecified atom stereocenters. The number of hydrogen-bond donors (Lipinski definition) is 3. The minimum absolute atomic E-state index is 0.0286. The zero-order valence-corrected chi connectivity index (χ0v) is 24.5. The van der Waals surface area contributed by atoms with Gasteiger partial charge in [-0.3, -0.25) is 25.2 Å². The minimum atomic E-state index is -1.37. The maximum absolute atomic E-state index is 15.3. The number of nitrogens with zero attached hydrogens (tertiary/aromatic N) is 2. The van der Waals surface area contributed by atoms with Crippen LogP contribution in [0.25, 0.3) is 11.3 Å². The Morgan fingerprint density at radius 2 is 1.98 bits per heavy atom. The number of ether oxygens (including phenoxy) is 2. The van der Waals surface area contributed by atoms with E-state index < -0.39 is 29.5 Å². The molecule has 3 N–H and O–H groups in total. The van der Waals surface area contributed by atoms with E-state index in [1.54, 1.807) is 35.4 Å². The molecule has 0 aliphatic carbocycles. The molecule has 3 aromatic rings. The van der Waals surface area contributed by atoms with Gasteiger partial charge in [-0.1, -0.05) is 18.0 Å². The third-order valence-electron chi connectivity index (χ3n) is 8.25. The van der Waals surface area contributed by atoms with Gasteiger partial charge in [0.15, 0.2) is 11.4 Å². The molecule has 1 fully saturated rings.